The summed E-state index contributed by atoms with van der Waals surface area (Å²) in [5.74, 6) is 1.59. The van der Waals surface area contributed by atoms with E-state index < -0.39 is 0 Å². The Morgan fingerprint density at radius 1 is 1.19 bits per heavy atom. The molecule has 82 valence electrons. The maximum absolute atomic E-state index is 5.62. The molecular formula is C12H11ClN2O. The first-order valence-electron chi connectivity index (χ1n) is 4.91. The first-order chi connectivity index (χ1) is 7.78. The number of aryl methyl sites for hydroxylation is 1. The molecule has 0 saturated heterocycles. The van der Waals surface area contributed by atoms with Crippen LogP contribution in [0.2, 0.25) is 0 Å². The van der Waals surface area contributed by atoms with E-state index in [-0.39, 0.29) is 0 Å². The van der Waals surface area contributed by atoms with Crippen LogP contribution in [0.25, 0.3) is 0 Å². The third-order valence-electron chi connectivity index (χ3n) is 2.04. The molecule has 0 bridgehead atoms. The van der Waals surface area contributed by atoms with Gasteiger partial charge < -0.3 is 4.74 Å². The van der Waals surface area contributed by atoms with Gasteiger partial charge in [0, 0.05) is 6.07 Å². The molecule has 0 radical (unpaired) electrons. The zero-order chi connectivity index (χ0) is 11.4. The lowest BCUT2D eigenvalue weighted by Gasteiger charge is -2.04. The van der Waals surface area contributed by atoms with Crippen LogP contribution in [0.3, 0.4) is 0 Å². The third kappa shape index (κ3) is 2.70. The van der Waals surface area contributed by atoms with E-state index in [1.54, 1.807) is 12.1 Å². The van der Waals surface area contributed by atoms with Crippen molar-refractivity contribution in [1.82, 2.24) is 10.2 Å². The predicted molar refractivity (Wildman–Crippen MR) is 62.8 cm³/mol. The Labute approximate surface area is 99.0 Å². The Hall–Kier alpha value is -1.61. The lowest BCUT2D eigenvalue weighted by atomic mass is 10.2. The molecule has 0 aliphatic heterocycles. The molecule has 0 aliphatic rings. The molecule has 4 heteroatoms. The van der Waals surface area contributed by atoms with Gasteiger partial charge in [-0.15, -0.1) is 16.7 Å². The molecule has 0 amide bonds. The number of ether oxygens (including phenoxy) is 1. The predicted octanol–water partition coefficient (Wildman–Crippen LogP) is 3.32. The summed E-state index contributed by atoms with van der Waals surface area (Å²) >= 11 is 5.62. The Balaban J connectivity index is 2.14. The lowest BCUT2D eigenvalue weighted by molar-refractivity contribution is 0.454. The van der Waals surface area contributed by atoms with Gasteiger partial charge in [-0.1, -0.05) is 12.1 Å². The minimum absolute atomic E-state index is 0.359. The molecule has 0 saturated carbocycles. The molecule has 0 fully saturated rings. The highest BCUT2D eigenvalue weighted by Crippen LogP contribution is 2.19. The summed E-state index contributed by atoms with van der Waals surface area (Å²) in [7, 11) is 0. The number of benzene rings is 1. The maximum Gasteiger partial charge on any atom is 0.238 e. The van der Waals surface area contributed by atoms with E-state index >= 15 is 0 Å². The average molecular weight is 235 g/mol. The van der Waals surface area contributed by atoms with Crippen molar-refractivity contribution in [2.24, 2.45) is 0 Å². The van der Waals surface area contributed by atoms with Crippen molar-refractivity contribution in [3.8, 4) is 11.6 Å². The van der Waals surface area contributed by atoms with Crippen LogP contribution in [-0.4, -0.2) is 10.2 Å². The number of hydrogen-bond acceptors (Lipinski definition) is 3. The van der Waals surface area contributed by atoms with Gasteiger partial charge in [-0.3, -0.25) is 0 Å². The van der Waals surface area contributed by atoms with Crippen LogP contribution in [0.1, 0.15) is 11.3 Å². The molecule has 1 aromatic carbocycles. The van der Waals surface area contributed by atoms with Gasteiger partial charge in [0.2, 0.25) is 5.88 Å². The van der Waals surface area contributed by atoms with Crippen LogP contribution in [-0.2, 0) is 5.88 Å². The molecule has 2 aromatic rings. The number of alkyl halides is 1. The van der Waals surface area contributed by atoms with Crippen molar-refractivity contribution < 1.29 is 4.74 Å². The number of hydrogen-bond donors (Lipinski definition) is 0. The summed E-state index contributed by atoms with van der Waals surface area (Å²) in [6, 6.07) is 11.3. The Bertz CT molecular complexity index is 471. The van der Waals surface area contributed by atoms with E-state index in [0.29, 0.717) is 11.8 Å². The van der Waals surface area contributed by atoms with Crippen LogP contribution in [0.5, 0.6) is 11.6 Å². The maximum atomic E-state index is 5.62. The summed E-state index contributed by atoms with van der Waals surface area (Å²) in [4.78, 5) is 0. The van der Waals surface area contributed by atoms with E-state index in [2.05, 4.69) is 10.2 Å². The summed E-state index contributed by atoms with van der Waals surface area (Å²) in [6.45, 7) is 2.01. The monoisotopic (exact) mass is 234 g/mol. The normalized spacial score (nSPS) is 10.1. The number of rotatable bonds is 3. The zero-order valence-electron chi connectivity index (χ0n) is 8.85. The van der Waals surface area contributed by atoms with Crippen molar-refractivity contribution in [3.63, 3.8) is 0 Å². The second kappa shape index (κ2) is 4.94. The van der Waals surface area contributed by atoms with Gasteiger partial charge in [0.15, 0.2) is 0 Å². The zero-order valence-corrected chi connectivity index (χ0v) is 9.61. The minimum Gasteiger partial charge on any atom is -0.438 e. The smallest absolute Gasteiger partial charge is 0.238 e. The van der Waals surface area contributed by atoms with Gasteiger partial charge in [0.25, 0.3) is 0 Å². The first kappa shape index (κ1) is 10.9. The molecule has 1 heterocycles. The fourth-order valence-electron chi connectivity index (χ4n) is 1.27. The highest BCUT2D eigenvalue weighted by Gasteiger charge is 2.00. The topological polar surface area (TPSA) is 35.0 Å². The van der Waals surface area contributed by atoms with Crippen LogP contribution >= 0.6 is 11.6 Å². The molecule has 0 spiro atoms. The van der Waals surface area contributed by atoms with Crippen molar-refractivity contribution in [3.05, 3.63) is 47.7 Å². The third-order valence-corrected chi connectivity index (χ3v) is 2.32. The van der Waals surface area contributed by atoms with Crippen LogP contribution in [0, 0.1) is 6.92 Å². The van der Waals surface area contributed by atoms with Gasteiger partial charge in [-0.2, -0.15) is 5.10 Å². The second-order valence-electron chi connectivity index (χ2n) is 3.42. The largest absolute Gasteiger partial charge is 0.438 e. The van der Waals surface area contributed by atoms with Crippen LogP contribution < -0.4 is 4.74 Å². The summed E-state index contributed by atoms with van der Waals surface area (Å²) in [5.41, 5.74) is 1.88. The van der Waals surface area contributed by atoms with Gasteiger partial charge in [0.1, 0.15) is 5.75 Å². The molecule has 0 atom stereocenters. The Kier molecular flexibility index (Phi) is 3.37. The minimum atomic E-state index is 0.359. The summed E-state index contributed by atoms with van der Waals surface area (Å²) in [6.07, 6.45) is 0. The number of nitrogens with zero attached hydrogens (tertiary/aromatic N) is 2. The van der Waals surface area contributed by atoms with Crippen LogP contribution in [0.4, 0.5) is 0 Å². The van der Waals surface area contributed by atoms with Crippen LogP contribution in [0.15, 0.2) is 36.4 Å². The molecular weight excluding hydrogens is 224 g/mol. The quantitative estimate of drug-likeness (QED) is 0.765. The number of aromatic nitrogens is 2. The molecule has 0 N–H and O–H groups in total. The number of halogens is 1. The van der Waals surface area contributed by atoms with Gasteiger partial charge in [-0.25, -0.2) is 0 Å². The fraction of sp³-hybridized carbons (Fsp3) is 0.167. The second-order valence-corrected chi connectivity index (χ2v) is 3.68. The molecule has 1 aromatic heterocycles. The average Bonchev–Trinajstić information content (AvgIpc) is 2.30. The Morgan fingerprint density at radius 3 is 2.69 bits per heavy atom. The van der Waals surface area contributed by atoms with E-state index in [4.69, 9.17) is 16.3 Å². The highest BCUT2D eigenvalue weighted by atomic mass is 35.5. The Morgan fingerprint density at radius 2 is 2.06 bits per heavy atom. The van der Waals surface area contributed by atoms with Gasteiger partial charge >= 0.3 is 0 Å². The fourth-order valence-corrected chi connectivity index (χ4v) is 1.42. The molecule has 2 rings (SSSR count). The SMILES string of the molecule is Cc1cccc(Oc2ccc(CCl)nn2)c1. The van der Waals surface area contributed by atoms with Crippen molar-refractivity contribution >= 4 is 11.6 Å². The summed E-state index contributed by atoms with van der Waals surface area (Å²) < 4.78 is 5.54. The van der Waals surface area contributed by atoms with Gasteiger partial charge in [0.05, 0.1) is 11.6 Å². The molecule has 0 unspecified atom stereocenters. The van der Waals surface area contributed by atoms with E-state index in [0.717, 1.165) is 17.0 Å². The van der Waals surface area contributed by atoms with E-state index in [1.165, 1.54) is 0 Å². The highest BCUT2D eigenvalue weighted by molar-refractivity contribution is 6.16. The van der Waals surface area contributed by atoms with Crippen molar-refractivity contribution in [2.45, 2.75) is 12.8 Å². The first-order valence-corrected chi connectivity index (χ1v) is 5.44. The van der Waals surface area contributed by atoms with E-state index in [9.17, 15) is 0 Å². The lowest BCUT2D eigenvalue weighted by Crippen LogP contribution is -1.93. The van der Waals surface area contributed by atoms with Crippen molar-refractivity contribution in [1.29, 1.82) is 0 Å². The van der Waals surface area contributed by atoms with E-state index in [1.807, 2.05) is 31.2 Å². The van der Waals surface area contributed by atoms with Crippen molar-refractivity contribution in [2.75, 3.05) is 0 Å². The molecule has 0 aliphatic carbocycles. The standard InChI is InChI=1S/C12H11ClN2O/c1-9-3-2-4-11(7-9)16-12-6-5-10(8-13)14-15-12/h2-7H,8H2,1H3. The molecule has 16 heavy (non-hydrogen) atoms. The molecule has 3 nitrogen and oxygen atoms in total. The van der Waals surface area contributed by atoms with Gasteiger partial charge in [-0.05, 0) is 30.7 Å². The summed E-state index contributed by atoms with van der Waals surface area (Å²) in [5, 5.41) is 7.83.